The Labute approximate surface area is 157 Å². The van der Waals surface area contributed by atoms with Crippen LogP contribution in [0.15, 0.2) is 28.7 Å². The number of piperidine rings is 1. The molecule has 1 N–H and O–H groups in total. The Morgan fingerprint density at radius 1 is 1.08 bits per heavy atom. The third-order valence-corrected chi connectivity index (χ3v) is 6.23. The van der Waals surface area contributed by atoms with Crippen LogP contribution >= 0.6 is 15.9 Å². The molecular formula is C19H26BrN3O2. The summed E-state index contributed by atoms with van der Waals surface area (Å²) in [6, 6.07) is 9.47. The molecule has 0 aliphatic carbocycles. The summed E-state index contributed by atoms with van der Waals surface area (Å²) < 4.78 is 6.57. The molecule has 0 bridgehead atoms. The van der Waals surface area contributed by atoms with Crippen molar-refractivity contribution in [2.75, 3.05) is 32.8 Å². The van der Waals surface area contributed by atoms with E-state index >= 15 is 0 Å². The summed E-state index contributed by atoms with van der Waals surface area (Å²) in [5, 5.41) is 3.42. The minimum atomic E-state index is 0.149. The van der Waals surface area contributed by atoms with E-state index in [2.05, 4.69) is 49.2 Å². The van der Waals surface area contributed by atoms with Gasteiger partial charge in [0, 0.05) is 36.3 Å². The maximum Gasteiger partial charge on any atom is 0.321 e. The third-order valence-electron chi connectivity index (χ3n) is 5.74. The van der Waals surface area contributed by atoms with Crippen LogP contribution in [0.3, 0.4) is 0 Å². The molecular weight excluding hydrogens is 382 g/mol. The molecule has 1 aromatic rings. The van der Waals surface area contributed by atoms with Crippen molar-refractivity contribution in [3.63, 3.8) is 0 Å². The van der Waals surface area contributed by atoms with E-state index in [1.807, 2.05) is 6.07 Å². The molecule has 5 nitrogen and oxygen atoms in total. The van der Waals surface area contributed by atoms with Crippen molar-refractivity contribution in [2.24, 2.45) is 0 Å². The second-order valence-corrected chi connectivity index (χ2v) is 8.15. The molecule has 3 fully saturated rings. The molecule has 4 rings (SSSR count). The van der Waals surface area contributed by atoms with Gasteiger partial charge in [-0.25, -0.2) is 4.79 Å². The maximum atomic E-state index is 13.4. The Bertz CT molecular complexity index is 614. The van der Waals surface area contributed by atoms with Crippen LogP contribution in [-0.2, 0) is 4.74 Å². The first-order chi connectivity index (χ1) is 12.2. The van der Waals surface area contributed by atoms with Gasteiger partial charge in [-0.1, -0.05) is 28.1 Å². The van der Waals surface area contributed by atoms with Gasteiger partial charge in [0.1, 0.15) is 0 Å². The highest BCUT2D eigenvalue weighted by molar-refractivity contribution is 9.10. The fourth-order valence-corrected chi connectivity index (χ4v) is 4.83. The molecule has 6 heteroatoms. The van der Waals surface area contributed by atoms with Gasteiger partial charge in [-0.3, -0.25) is 0 Å². The summed E-state index contributed by atoms with van der Waals surface area (Å²) >= 11 is 3.59. The number of carbonyl (C=O) groups excluding carboxylic acids is 1. The standard InChI is InChI=1S/C19H26BrN3O2/c20-15-3-1-2-14(12-15)18-13-22(16-6-10-25-11-7-16)19(24)23(18)17-4-8-21-9-5-17/h1-3,12,16-18,21H,4-11,13H2. The number of nitrogens with one attached hydrogen (secondary N) is 1. The molecule has 0 radical (unpaired) electrons. The van der Waals surface area contributed by atoms with E-state index in [0.29, 0.717) is 12.1 Å². The Kier molecular flexibility index (Phi) is 5.29. The van der Waals surface area contributed by atoms with Crippen LogP contribution < -0.4 is 5.32 Å². The zero-order valence-corrected chi connectivity index (χ0v) is 16.1. The highest BCUT2D eigenvalue weighted by atomic mass is 79.9. The van der Waals surface area contributed by atoms with Gasteiger partial charge >= 0.3 is 6.03 Å². The molecule has 1 aromatic carbocycles. The van der Waals surface area contributed by atoms with Crippen LogP contribution in [0.4, 0.5) is 4.79 Å². The SMILES string of the molecule is O=C1N(C2CCOCC2)CC(c2cccc(Br)c2)N1C1CCNCC1. The van der Waals surface area contributed by atoms with Crippen molar-refractivity contribution in [1.29, 1.82) is 0 Å². The first kappa shape index (κ1) is 17.3. The van der Waals surface area contributed by atoms with Crippen molar-refractivity contribution in [1.82, 2.24) is 15.1 Å². The number of nitrogens with zero attached hydrogens (tertiary/aromatic N) is 2. The van der Waals surface area contributed by atoms with Gasteiger partial charge < -0.3 is 19.9 Å². The van der Waals surface area contributed by atoms with Crippen LogP contribution in [0.1, 0.15) is 37.3 Å². The zero-order valence-electron chi connectivity index (χ0n) is 14.5. The Morgan fingerprint density at radius 2 is 1.84 bits per heavy atom. The number of benzene rings is 1. The summed E-state index contributed by atoms with van der Waals surface area (Å²) in [7, 11) is 0. The quantitative estimate of drug-likeness (QED) is 0.836. The lowest BCUT2D eigenvalue weighted by Crippen LogP contribution is -2.48. The van der Waals surface area contributed by atoms with E-state index in [4.69, 9.17) is 4.74 Å². The molecule has 0 spiro atoms. The average Bonchev–Trinajstić information content (AvgIpc) is 3.00. The summed E-state index contributed by atoms with van der Waals surface area (Å²) in [4.78, 5) is 17.7. The lowest BCUT2D eigenvalue weighted by Gasteiger charge is -2.36. The Morgan fingerprint density at radius 3 is 2.56 bits per heavy atom. The van der Waals surface area contributed by atoms with Crippen LogP contribution in [0, 0.1) is 0 Å². The molecule has 2 amide bonds. The van der Waals surface area contributed by atoms with Crippen LogP contribution in [0.2, 0.25) is 0 Å². The fourth-order valence-electron chi connectivity index (χ4n) is 4.41. The van der Waals surface area contributed by atoms with Crippen molar-refractivity contribution in [3.05, 3.63) is 34.3 Å². The molecule has 0 aromatic heterocycles. The molecule has 3 heterocycles. The minimum absolute atomic E-state index is 0.149. The van der Waals surface area contributed by atoms with Gasteiger partial charge in [0.25, 0.3) is 0 Å². The number of halogens is 1. The number of carbonyl (C=O) groups is 1. The largest absolute Gasteiger partial charge is 0.381 e. The number of rotatable bonds is 3. The van der Waals surface area contributed by atoms with Gasteiger partial charge in [0.05, 0.1) is 6.04 Å². The highest BCUT2D eigenvalue weighted by Gasteiger charge is 2.44. The van der Waals surface area contributed by atoms with Crippen molar-refractivity contribution < 1.29 is 9.53 Å². The van der Waals surface area contributed by atoms with Crippen LogP contribution in [0.25, 0.3) is 0 Å². The molecule has 1 atom stereocenters. The molecule has 0 saturated carbocycles. The normalized spacial score (nSPS) is 26.4. The van der Waals surface area contributed by atoms with Gasteiger partial charge in [-0.2, -0.15) is 0 Å². The number of hydrogen-bond donors (Lipinski definition) is 1. The van der Waals surface area contributed by atoms with E-state index in [-0.39, 0.29) is 12.1 Å². The Balaban J connectivity index is 1.62. The van der Waals surface area contributed by atoms with Crippen molar-refractivity contribution >= 4 is 22.0 Å². The second kappa shape index (κ2) is 7.64. The second-order valence-electron chi connectivity index (χ2n) is 7.24. The van der Waals surface area contributed by atoms with Crippen molar-refractivity contribution in [3.8, 4) is 0 Å². The minimum Gasteiger partial charge on any atom is -0.381 e. The van der Waals surface area contributed by atoms with Crippen LogP contribution in [0.5, 0.6) is 0 Å². The zero-order chi connectivity index (χ0) is 17.2. The topological polar surface area (TPSA) is 44.8 Å². The lowest BCUT2D eigenvalue weighted by molar-refractivity contribution is 0.0498. The third kappa shape index (κ3) is 3.57. The lowest BCUT2D eigenvalue weighted by atomic mass is 10.00. The summed E-state index contributed by atoms with van der Waals surface area (Å²) in [5.41, 5.74) is 1.23. The summed E-state index contributed by atoms with van der Waals surface area (Å²) in [6.45, 7) is 4.32. The first-order valence-corrected chi connectivity index (χ1v) is 10.2. The molecule has 1 unspecified atom stereocenters. The number of ether oxygens (including phenoxy) is 1. The monoisotopic (exact) mass is 407 g/mol. The van der Waals surface area contributed by atoms with E-state index in [9.17, 15) is 4.79 Å². The first-order valence-electron chi connectivity index (χ1n) is 9.37. The van der Waals surface area contributed by atoms with E-state index < -0.39 is 0 Å². The summed E-state index contributed by atoms with van der Waals surface area (Å²) in [5.74, 6) is 0. The smallest absolute Gasteiger partial charge is 0.321 e. The van der Waals surface area contributed by atoms with E-state index in [1.165, 1.54) is 5.56 Å². The van der Waals surface area contributed by atoms with Gasteiger partial charge in [-0.05, 0) is 56.5 Å². The Hall–Kier alpha value is -1.11. The fraction of sp³-hybridized carbons (Fsp3) is 0.632. The van der Waals surface area contributed by atoms with E-state index in [1.54, 1.807) is 0 Å². The maximum absolute atomic E-state index is 13.4. The van der Waals surface area contributed by atoms with Gasteiger partial charge in [0.15, 0.2) is 0 Å². The molecule has 3 saturated heterocycles. The van der Waals surface area contributed by atoms with Crippen molar-refractivity contribution in [2.45, 2.75) is 43.8 Å². The summed E-state index contributed by atoms with van der Waals surface area (Å²) in [6.07, 6.45) is 3.99. The average molecular weight is 408 g/mol. The number of hydrogen-bond acceptors (Lipinski definition) is 3. The number of urea groups is 1. The number of amides is 2. The predicted molar refractivity (Wildman–Crippen MR) is 101 cm³/mol. The van der Waals surface area contributed by atoms with E-state index in [0.717, 1.165) is 63.0 Å². The van der Waals surface area contributed by atoms with Crippen LogP contribution in [-0.4, -0.2) is 60.8 Å². The molecule has 25 heavy (non-hydrogen) atoms. The molecule has 136 valence electrons. The molecule has 3 aliphatic rings. The molecule has 3 aliphatic heterocycles. The highest BCUT2D eigenvalue weighted by Crippen LogP contribution is 2.37. The van der Waals surface area contributed by atoms with Gasteiger partial charge in [0.2, 0.25) is 0 Å². The van der Waals surface area contributed by atoms with Gasteiger partial charge in [-0.15, -0.1) is 0 Å². The predicted octanol–water partition coefficient (Wildman–Crippen LogP) is 3.16.